The predicted octanol–water partition coefficient (Wildman–Crippen LogP) is 2.99. The van der Waals surface area contributed by atoms with Gasteiger partial charge in [-0.3, -0.25) is 10.6 Å². The molecule has 0 saturated heterocycles. The number of nitrogens with one attached hydrogen (secondary N) is 2. The number of hydrazine groups is 1. The molecule has 0 saturated carbocycles. The van der Waals surface area contributed by atoms with Crippen LogP contribution in [0.15, 0.2) is 41.0 Å². The first-order valence-electron chi connectivity index (χ1n) is 5.29. The van der Waals surface area contributed by atoms with E-state index in [1.54, 1.807) is 12.1 Å². The van der Waals surface area contributed by atoms with Gasteiger partial charge in [0.15, 0.2) is 0 Å². The number of aromatic nitrogens is 1. The Kier molecular flexibility index (Phi) is 4.72. The van der Waals surface area contributed by atoms with Gasteiger partial charge in [-0.25, -0.2) is 4.98 Å². The van der Waals surface area contributed by atoms with Crippen molar-refractivity contribution in [2.45, 2.75) is 0 Å². The third-order valence-corrected chi connectivity index (χ3v) is 3.77. The van der Waals surface area contributed by atoms with Crippen molar-refractivity contribution in [1.29, 1.82) is 0 Å². The molecule has 1 aromatic heterocycles. The summed E-state index contributed by atoms with van der Waals surface area (Å²) in [5, 5.41) is 2.81. The Balaban J connectivity index is 2.18. The summed E-state index contributed by atoms with van der Waals surface area (Å²) in [5.41, 5.74) is 4.17. The van der Waals surface area contributed by atoms with Crippen LogP contribution in [0, 0.1) is 3.57 Å². The first kappa shape index (κ1) is 14.2. The maximum absolute atomic E-state index is 12.0. The highest BCUT2D eigenvalue weighted by Gasteiger charge is 2.09. The van der Waals surface area contributed by atoms with Gasteiger partial charge in [0, 0.05) is 8.04 Å². The van der Waals surface area contributed by atoms with E-state index in [0.717, 1.165) is 13.7 Å². The highest BCUT2D eigenvalue weighted by molar-refractivity contribution is 14.1. The molecule has 5 nitrogen and oxygen atoms in total. The molecule has 0 radical (unpaired) electrons. The van der Waals surface area contributed by atoms with Gasteiger partial charge in [0.05, 0.1) is 17.6 Å². The molecule has 0 aliphatic heterocycles. The van der Waals surface area contributed by atoms with Crippen LogP contribution in [0.3, 0.4) is 0 Å². The number of nitrogen functional groups attached to an aromatic ring is 1. The Morgan fingerprint density at radius 1 is 1.32 bits per heavy atom. The lowest BCUT2D eigenvalue weighted by molar-refractivity contribution is 0.102. The molecule has 0 bridgehead atoms. The lowest BCUT2D eigenvalue weighted by atomic mass is 10.3. The second-order valence-electron chi connectivity index (χ2n) is 3.65. The number of carbonyl (C=O) groups is 1. The van der Waals surface area contributed by atoms with Crippen molar-refractivity contribution >= 4 is 55.8 Å². The van der Waals surface area contributed by atoms with E-state index in [1.807, 2.05) is 18.2 Å². The van der Waals surface area contributed by atoms with Crippen LogP contribution in [-0.4, -0.2) is 10.9 Å². The summed E-state index contributed by atoms with van der Waals surface area (Å²) >= 11 is 5.53. The Bertz CT molecular complexity index is 603. The van der Waals surface area contributed by atoms with Crippen LogP contribution in [0.5, 0.6) is 0 Å². The molecule has 2 aromatic rings. The fourth-order valence-corrected chi connectivity index (χ4v) is 2.22. The zero-order valence-electron chi connectivity index (χ0n) is 9.65. The number of nitrogens with zero attached hydrogens (tertiary/aromatic N) is 1. The number of hydrogen-bond acceptors (Lipinski definition) is 4. The maximum atomic E-state index is 12.0. The van der Waals surface area contributed by atoms with Crippen molar-refractivity contribution in [3.63, 3.8) is 0 Å². The molecule has 1 heterocycles. The first-order chi connectivity index (χ1) is 9.10. The van der Waals surface area contributed by atoms with E-state index in [2.05, 4.69) is 54.2 Å². The van der Waals surface area contributed by atoms with E-state index in [-0.39, 0.29) is 5.91 Å². The Morgan fingerprint density at radius 2 is 2.11 bits per heavy atom. The van der Waals surface area contributed by atoms with Gasteiger partial charge in [-0.1, -0.05) is 15.9 Å². The van der Waals surface area contributed by atoms with E-state index in [4.69, 9.17) is 5.84 Å². The van der Waals surface area contributed by atoms with Crippen molar-refractivity contribution in [2.24, 2.45) is 5.84 Å². The third kappa shape index (κ3) is 3.64. The molecule has 0 aliphatic carbocycles. The lowest BCUT2D eigenvalue weighted by Crippen LogP contribution is -2.15. The normalized spacial score (nSPS) is 10.1. The first-order valence-corrected chi connectivity index (χ1v) is 7.16. The molecule has 98 valence electrons. The van der Waals surface area contributed by atoms with Crippen LogP contribution in [-0.2, 0) is 0 Å². The number of carbonyl (C=O) groups excluding carboxylic acids is 1. The van der Waals surface area contributed by atoms with Crippen LogP contribution in [0.1, 0.15) is 10.5 Å². The van der Waals surface area contributed by atoms with Gasteiger partial charge in [0.25, 0.3) is 5.91 Å². The fraction of sp³-hybridized carbons (Fsp3) is 0. The number of anilines is 2. The molecule has 1 aromatic carbocycles. The van der Waals surface area contributed by atoms with Crippen molar-refractivity contribution in [2.75, 3.05) is 10.7 Å². The summed E-state index contributed by atoms with van der Waals surface area (Å²) < 4.78 is 1.85. The van der Waals surface area contributed by atoms with E-state index in [0.29, 0.717) is 11.4 Å². The number of rotatable bonds is 3. The van der Waals surface area contributed by atoms with Gasteiger partial charge in [0.1, 0.15) is 5.69 Å². The van der Waals surface area contributed by atoms with Crippen molar-refractivity contribution in [1.82, 2.24) is 4.98 Å². The zero-order chi connectivity index (χ0) is 13.8. The molecule has 0 spiro atoms. The van der Waals surface area contributed by atoms with Gasteiger partial charge >= 0.3 is 0 Å². The molecular weight excluding hydrogens is 423 g/mol. The molecule has 0 fully saturated rings. The third-order valence-electron chi connectivity index (χ3n) is 2.34. The molecule has 0 atom stereocenters. The van der Waals surface area contributed by atoms with Crippen LogP contribution in [0.4, 0.5) is 11.4 Å². The second kappa shape index (κ2) is 6.31. The molecule has 7 heteroatoms. The lowest BCUT2D eigenvalue weighted by Gasteiger charge is -2.08. The van der Waals surface area contributed by atoms with Crippen LogP contribution in [0.2, 0.25) is 0 Å². The summed E-state index contributed by atoms with van der Waals surface area (Å²) in [6, 6.07) is 8.96. The minimum atomic E-state index is -0.264. The average molecular weight is 433 g/mol. The number of hydrogen-bond donors (Lipinski definition) is 3. The van der Waals surface area contributed by atoms with Crippen LogP contribution in [0.25, 0.3) is 0 Å². The molecule has 4 N–H and O–H groups in total. The summed E-state index contributed by atoms with van der Waals surface area (Å²) in [5.74, 6) is 4.98. The summed E-state index contributed by atoms with van der Waals surface area (Å²) in [6.45, 7) is 0. The van der Waals surface area contributed by atoms with Gasteiger partial charge in [-0.2, -0.15) is 0 Å². The minimum Gasteiger partial charge on any atom is -0.323 e. The number of benzene rings is 1. The van der Waals surface area contributed by atoms with Crippen LogP contribution < -0.4 is 16.6 Å². The molecule has 19 heavy (non-hydrogen) atoms. The molecule has 0 aliphatic rings. The minimum absolute atomic E-state index is 0.264. The van der Waals surface area contributed by atoms with Crippen molar-refractivity contribution in [3.8, 4) is 0 Å². The van der Waals surface area contributed by atoms with E-state index < -0.39 is 0 Å². The maximum Gasteiger partial charge on any atom is 0.274 e. The summed E-state index contributed by atoms with van der Waals surface area (Å²) in [6.07, 6.45) is 1.50. The van der Waals surface area contributed by atoms with Crippen molar-refractivity contribution < 1.29 is 4.79 Å². The SMILES string of the molecule is NNc1ccc(C(=O)Nc2cc(Br)ccc2I)nc1. The summed E-state index contributed by atoms with van der Waals surface area (Å²) in [4.78, 5) is 16.1. The Hall–Kier alpha value is -1.19. The van der Waals surface area contributed by atoms with Gasteiger partial charge < -0.3 is 10.7 Å². The van der Waals surface area contributed by atoms with Gasteiger partial charge in [0.2, 0.25) is 0 Å². The van der Waals surface area contributed by atoms with Crippen molar-refractivity contribution in [3.05, 3.63) is 50.3 Å². The molecular formula is C12H10BrIN4O. The Labute approximate surface area is 132 Å². The quantitative estimate of drug-likeness (QED) is 0.395. The molecule has 1 amide bonds. The summed E-state index contributed by atoms with van der Waals surface area (Å²) in [7, 11) is 0. The second-order valence-corrected chi connectivity index (χ2v) is 5.73. The van der Waals surface area contributed by atoms with Gasteiger partial charge in [-0.15, -0.1) is 0 Å². The van der Waals surface area contributed by atoms with E-state index in [1.165, 1.54) is 6.20 Å². The monoisotopic (exact) mass is 432 g/mol. The standard InChI is InChI=1S/C12H10BrIN4O/c13-7-1-3-9(14)11(5-7)17-12(19)10-4-2-8(18-15)6-16-10/h1-6,18H,15H2,(H,17,19). The predicted molar refractivity (Wildman–Crippen MR) is 86.9 cm³/mol. The zero-order valence-corrected chi connectivity index (χ0v) is 13.4. The number of halogens is 2. The van der Waals surface area contributed by atoms with Crippen LogP contribution >= 0.6 is 38.5 Å². The number of nitrogens with two attached hydrogens (primary N) is 1. The van der Waals surface area contributed by atoms with Gasteiger partial charge in [-0.05, 0) is 52.9 Å². The number of pyridine rings is 1. The topological polar surface area (TPSA) is 80.0 Å². The molecule has 0 unspecified atom stereocenters. The average Bonchev–Trinajstić information content (AvgIpc) is 2.43. The number of amides is 1. The van der Waals surface area contributed by atoms with E-state index >= 15 is 0 Å². The Morgan fingerprint density at radius 3 is 2.74 bits per heavy atom. The largest absolute Gasteiger partial charge is 0.323 e. The fourth-order valence-electron chi connectivity index (χ4n) is 1.39. The highest BCUT2D eigenvalue weighted by atomic mass is 127. The molecule has 2 rings (SSSR count). The smallest absolute Gasteiger partial charge is 0.274 e. The van der Waals surface area contributed by atoms with E-state index in [9.17, 15) is 4.79 Å². The highest BCUT2D eigenvalue weighted by Crippen LogP contribution is 2.23.